The number of hydrogen-bond acceptors (Lipinski definition) is 5. The van der Waals surface area contributed by atoms with Crippen molar-refractivity contribution in [2.45, 2.75) is 30.3 Å². The van der Waals surface area contributed by atoms with Crippen LogP contribution in [-0.4, -0.2) is 39.0 Å². The van der Waals surface area contributed by atoms with Gasteiger partial charge in [-0.2, -0.15) is 4.31 Å². The van der Waals surface area contributed by atoms with E-state index in [1.165, 1.54) is 29.6 Å². The van der Waals surface area contributed by atoms with Crippen LogP contribution < -0.4 is 4.74 Å². The first-order valence-corrected chi connectivity index (χ1v) is 9.73. The predicted molar refractivity (Wildman–Crippen MR) is 96.5 cm³/mol. The standard InChI is InChI=1S/C19H21NO5S/c1-24-17-10-6-14(7-11-17)13-20(16-8-9-16)26(22,23)18-5-3-4-15(12-18)19(21)25-2/h3-7,10-12,16H,8-9,13H2,1-2H3. The average molecular weight is 375 g/mol. The highest BCUT2D eigenvalue weighted by atomic mass is 32.2. The highest BCUT2D eigenvalue weighted by molar-refractivity contribution is 7.89. The van der Waals surface area contributed by atoms with E-state index in [0.717, 1.165) is 24.2 Å². The van der Waals surface area contributed by atoms with Crippen LogP contribution in [0.4, 0.5) is 0 Å². The fourth-order valence-corrected chi connectivity index (χ4v) is 4.44. The van der Waals surface area contributed by atoms with Crippen molar-refractivity contribution >= 4 is 16.0 Å². The van der Waals surface area contributed by atoms with E-state index in [0.29, 0.717) is 0 Å². The largest absolute Gasteiger partial charge is 0.497 e. The lowest BCUT2D eigenvalue weighted by atomic mass is 10.2. The summed E-state index contributed by atoms with van der Waals surface area (Å²) in [7, 11) is -0.867. The van der Waals surface area contributed by atoms with Crippen LogP contribution in [0.3, 0.4) is 0 Å². The van der Waals surface area contributed by atoms with E-state index < -0.39 is 16.0 Å². The summed E-state index contributed by atoms with van der Waals surface area (Å²) in [6.07, 6.45) is 1.68. The van der Waals surface area contributed by atoms with E-state index >= 15 is 0 Å². The molecule has 0 bridgehead atoms. The van der Waals surface area contributed by atoms with E-state index in [9.17, 15) is 13.2 Å². The van der Waals surface area contributed by atoms with E-state index in [1.54, 1.807) is 13.2 Å². The number of ether oxygens (including phenoxy) is 2. The molecule has 1 aliphatic rings. The zero-order valence-electron chi connectivity index (χ0n) is 14.7. The summed E-state index contributed by atoms with van der Waals surface area (Å²) < 4.78 is 37.6. The average Bonchev–Trinajstić information content (AvgIpc) is 3.50. The maximum Gasteiger partial charge on any atom is 0.337 e. The molecule has 138 valence electrons. The van der Waals surface area contributed by atoms with Crippen molar-refractivity contribution in [3.8, 4) is 5.75 Å². The van der Waals surface area contributed by atoms with Crippen LogP contribution in [0.5, 0.6) is 5.75 Å². The van der Waals surface area contributed by atoms with Crippen molar-refractivity contribution in [3.63, 3.8) is 0 Å². The van der Waals surface area contributed by atoms with Gasteiger partial charge in [-0.25, -0.2) is 13.2 Å². The Balaban J connectivity index is 1.90. The van der Waals surface area contributed by atoms with Gasteiger partial charge in [0, 0.05) is 12.6 Å². The number of rotatable bonds is 7. The van der Waals surface area contributed by atoms with Gasteiger partial charge < -0.3 is 9.47 Å². The molecule has 1 fully saturated rings. The van der Waals surface area contributed by atoms with Gasteiger partial charge in [-0.15, -0.1) is 0 Å². The van der Waals surface area contributed by atoms with E-state index in [-0.39, 0.29) is 23.0 Å². The molecule has 0 saturated heterocycles. The second-order valence-corrected chi connectivity index (χ2v) is 8.04. The first kappa shape index (κ1) is 18.4. The first-order valence-electron chi connectivity index (χ1n) is 8.29. The molecule has 0 unspecified atom stereocenters. The lowest BCUT2D eigenvalue weighted by molar-refractivity contribution is 0.0600. The summed E-state index contributed by atoms with van der Waals surface area (Å²) >= 11 is 0. The number of carbonyl (C=O) groups excluding carboxylic acids is 1. The molecule has 1 saturated carbocycles. The maximum absolute atomic E-state index is 13.2. The predicted octanol–water partition coefficient (Wildman–Crippen LogP) is 2.84. The molecule has 0 heterocycles. The second kappa shape index (κ2) is 7.47. The number of nitrogens with zero attached hydrogens (tertiary/aromatic N) is 1. The van der Waals surface area contributed by atoms with Gasteiger partial charge in [-0.05, 0) is 48.7 Å². The summed E-state index contributed by atoms with van der Waals surface area (Å²) in [5.41, 5.74) is 1.10. The fourth-order valence-electron chi connectivity index (χ4n) is 2.72. The SMILES string of the molecule is COC(=O)c1cccc(S(=O)(=O)N(Cc2ccc(OC)cc2)C2CC2)c1. The Morgan fingerprint density at radius 1 is 1.12 bits per heavy atom. The first-order chi connectivity index (χ1) is 12.5. The van der Waals surface area contributed by atoms with Gasteiger partial charge in [0.25, 0.3) is 0 Å². The lowest BCUT2D eigenvalue weighted by Crippen LogP contribution is -2.32. The molecule has 0 atom stereocenters. The molecule has 0 aromatic heterocycles. The minimum Gasteiger partial charge on any atom is -0.497 e. The molecule has 0 spiro atoms. The quantitative estimate of drug-likeness (QED) is 0.696. The third-order valence-electron chi connectivity index (χ3n) is 4.31. The van der Waals surface area contributed by atoms with Crippen LogP contribution >= 0.6 is 0 Å². The molecule has 0 aliphatic heterocycles. The van der Waals surface area contributed by atoms with Crippen molar-refractivity contribution < 1.29 is 22.7 Å². The third kappa shape index (κ3) is 3.89. The Morgan fingerprint density at radius 3 is 2.38 bits per heavy atom. The Kier molecular flexibility index (Phi) is 5.29. The summed E-state index contributed by atoms with van der Waals surface area (Å²) in [4.78, 5) is 11.8. The molecule has 0 radical (unpaired) electrons. The molecule has 2 aromatic rings. The Labute approximate surface area is 153 Å². The van der Waals surface area contributed by atoms with Crippen molar-refractivity contribution in [1.29, 1.82) is 0 Å². The van der Waals surface area contributed by atoms with Crippen LogP contribution in [0.15, 0.2) is 53.4 Å². The van der Waals surface area contributed by atoms with Crippen molar-refractivity contribution in [2.75, 3.05) is 14.2 Å². The third-order valence-corrected chi connectivity index (χ3v) is 6.21. The monoisotopic (exact) mass is 375 g/mol. The van der Waals surface area contributed by atoms with Crippen molar-refractivity contribution in [2.24, 2.45) is 0 Å². The molecule has 6 nitrogen and oxygen atoms in total. The van der Waals surface area contributed by atoms with Crippen LogP contribution in [0.2, 0.25) is 0 Å². The van der Waals surface area contributed by atoms with Crippen LogP contribution in [0.1, 0.15) is 28.8 Å². The lowest BCUT2D eigenvalue weighted by Gasteiger charge is -2.22. The summed E-state index contributed by atoms with van der Waals surface area (Å²) in [6, 6.07) is 13.3. The smallest absolute Gasteiger partial charge is 0.337 e. The summed E-state index contributed by atoms with van der Waals surface area (Å²) in [6.45, 7) is 0.277. The van der Waals surface area contributed by atoms with Gasteiger partial charge in [0.1, 0.15) is 5.75 Å². The highest BCUT2D eigenvalue weighted by Gasteiger charge is 2.38. The number of methoxy groups -OCH3 is 2. The Bertz CT molecular complexity index is 888. The van der Waals surface area contributed by atoms with Gasteiger partial charge in [-0.3, -0.25) is 0 Å². The zero-order chi connectivity index (χ0) is 18.7. The summed E-state index contributed by atoms with van der Waals surface area (Å²) in [5.74, 6) is 0.163. The van der Waals surface area contributed by atoms with Gasteiger partial charge in [0.15, 0.2) is 0 Å². The molecular weight excluding hydrogens is 354 g/mol. The highest BCUT2D eigenvalue weighted by Crippen LogP contribution is 2.34. The Hall–Kier alpha value is -2.38. The number of hydrogen-bond donors (Lipinski definition) is 0. The van der Waals surface area contributed by atoms with E-state index in [2.05, 4.69) is 4.74 Å². The maximum atomic E-state index is 13.2. The molecule has 2 aromatic carbocycles. The number of benzene rings is 2. The van der Waals surface area contributed by atoms with Gasteiger partial charge in [0.05, 0.1) is 24.7 Å². The molecule has 26 heavy (non-hydrogen) atoms. The van der Waals surface area contributed by atoms with Crippen molar-refractivity contribution in [1.82, 2.24) is 4.31 Å². The van der Waals surface area contributed by atoms with Crippen molar-refractivity contribution in [3.05, 3.63) is 59.7 Å². The van der Waals surface area contributed by atoms with Gasteiger partial charge >= 0.3 is 5.97 Å². The van der Waals surface area contributed by atoms with E-state index in [1.807, 2.05) is 24.3 Å². The molecule has 0 amide bonds. The normalized spacial score (nSPS) is 14.3. The minimum absolute atomic E-state index is 0.0103. The topological polar surface area (TPSA) is 72.9 Å². The number of esters is 1. The Morgan fingerprint density at radius 2 is 1.81 bits per heavy atom. The van der Waals surface area contributed by atoms with Gasteiger partial charge in [0.2, 0.25) is 10.0 Å². The zero-order valence-corrected chi connectivity index (χ0v) is 15.5. The molecule has 3 rings (SSSR count). The number of carbonyl (C=O) groups is 1. The molecule has 0 N–H and O–H groups in total. The second-order valence-electron chi connectivity index (χ2n) is 6.15. The molecule has 1 aliphatic carbocycles. The fraction of sp³-hybridized carbons (Fsp3) is 0.316. The summed E-state index contributed by atoms with van der Waals surface area (Å²) in [5, 5.41) is 0. The minimum atomic E-state index is -3.72. The molecule has 7 heteroatoms. The van der Waals surface area contributed by atoms with Crippen LogP contribution in [0, 0.1) is 0 Å². The van der Waals surface area contributed by atoms with Crippen LogP contribution in [0.25, 0.3) is 0 Å². The molecular formula is C19H21NO5S. The number of sulfonamides is 1. The van der Waals surface area contributed by atoms with Gasteiger partial charge in [-0.1, -0.05) is 18.2 Å². The van der Waals surface area contributed by atoms with Crippen LogP contribution in [-0.2, 0) is 21.3 Å². The van der Waals surface area contributed by atoms with E-state index in [4.69, 9.17) is 4.74 Å².